The largest absolute Gasteiger partial charge is 0.325 e. The summed E-state index contributed by atoms with van der Waals surface area (Å²) in [6, 6.07) is 0. The number of rotatable bonds is 5. The maximum atomic E-state index is 6.35. The van der Waals surface area contributed by atoms with Crippen LogP contribution in [-0.2, 0) is 0 Å². The van der Waals surface area contributed by atoms with E-state index in [-0.39, 0.29) is 5.54 Å². The summed E-state index contributed by atoms with van der Waals surface area (Å²) in [6.45, 7) is 3.43. The second-order valence-electron chi connectivity index (χ2n) is 5.73. The lowest BCUT2D eigenvalue weighted by Crippen LogP contribution is -2.52. The van der Waals surface area contributed by atoms with Gasteiger partial charge in [-0.05, 0) is 51.5 Å². The van der Waals surface area contributed by atoms with E-state index in [1.807, 2.05) is 0 Å². The topological polar surface area (TPSA) is 38.0 Å². The van der Waals surface area contributed by atoms with Gasteiger partial charge in [0.25, 0.3) is 0 Å². The van der Waals surface area contributed by atoms with E-state index in [1.165, 1.54) is 57.8 Å². The molecule has 0 radical (unpaired) electrons. The molecule has 2 rings (SSSR count). The highest BCUT2D eigenvalue weighted by molar-refractivity contribution is 4.96. The summed E-state index contributed by atoms with van der Waals surface area (Å²) in [5.74, 6) is 0. The summed E-state index contributed by atoms with van der Waals surface area (Å²) in [6.07, 6.45) is 11.8. The van der Waals surface area contributed by atoms with Crippen molar-refractivity contribution in [1.29, 1.82) is 0 Å². The molecular formula is C13H26N2. The van der Waals surface area contributed by atoms with Crippen LogP contribution in [0, 0.1) is 0 Å². The Hall–Kier alpha value is -0.0800. The van der Waals surface area contributed by atoms with Crippen molar-refractivity contribution < 1.29 is 0 Å². The fraction of sp³-hybridized carbons (Fsp3) is 1.00. The molecule has 0 saturated heterocycles. The third kappa shape index (κ3) is 2.54. The van der Waals surface area contributed by atoms with Crippen LogP contribution in [0.1, 0.15) is 64.7 Å². The molecule has 0 aromatic rings. The summed E-state index contributed by atoms with van der Waals surface area (Å²) in [7, 11) is 0. The normalized spacial score (nSPS) is 27.6. The summed E-state index contributed by atoms with van der Waals surface area (Å²) in [5.41, 5.74) is 7.02. The monoisotopic (exact) mass is 210 g/mol. The lowest BCUT2D eigenvalue weighted by Gasteiger charge is -2.43. The molecule has 0 unspecified atom stereocenters. The van der Waals surface area contributed by atoms with Gasteiger partial charge in [0.2, 0.25) is 0 Å². The van der Waals surface area contributed by atoms with E-state index in [0.717, 1.165) is 6.54 Å². The molecule has 88 valence electrons. The fourth-order valence-corrected chi connectivity index (χ4v) is 3.16. The Bertz CT molecular complexity index is 195. The predicted molar refractivity (Wildman–Crippen MR) is 64.9 cm³/mol. The van der Waals surface area contributed by atoms with E-state index < -0.39 is 0 Å². The molecule has 15 heavy (non-hydrogen) atoms. The average molecular weight is 210 g/mol. The van der Waals surface area contributed by atoms with E-state index in [9.17, 15) is 0 Å². The van der Waals surface area contributed by atoms with Crippen molar-refractivity contribution in [2.45, 2.75) is 75.8 Å². The van der Waals surface area contributed by atoms with Crippen molar-refractivity contribution in [2.24, 2.45) is 5.73 Å². The highest BCUT2D eigenvalue weighted by atomic mass is 15.0. The van der Waals surface area contributed by atoms with Crippen molar-refractivity contribution in [2.75, 3.05) is 6.54 Å². The van der Waals surface area contributed by atoms with Gasteiger partial charge in [-0.25, -0.2) is 0 Å². The van der Waals surface area contributed by atoms with Crippen LogP contribution in [0.3, 0.4) is 0 Å². The molecule has 2 nitrogen and oxygen atoms in total. The van der Waals surface area contributed by atoms with Crippen LogP contribution in [-0.4, -0.2) is 17.6 Å². The first-order valence-electron chi connectivity index (χ1n) is 6.72. The molecule has 0 aliphatic heterocycles. The van der Waals surface area contributed by atoms with Gasteiger partial charge >= 0.3 is 0 Å². The first-order chi connectivity index (χ1) is 7.18. The molecule has 0 aromatic carbocycles. The third-order valence-corrected chi connectivity index (χ3v) is 4.71. The number of nitrogens with one attached hydrogen (secondary N) is 1. The molecule has 0 spiro atoms. The molecule has 0 amide bonds. The van der Waals surface area contributed by atoms with Gasteiger partial charge in [-0.15, -0.1) is 0 Å². The minimum absolute atomic E-state index is 0.172. The Morgan fingerprint density at radius 3 is 2.20 bits per heavy atom. The lowest BCUT2D eigenvalue weighted by molar-refractivity contribution is 0.172. The summed E-state index contributed by atoms with van der Waals surface area (Å²) < 4.78 is 0. The average Bonchev–Trinajstić information content (AvgIpc) is 2.58. The van der Waals surface area contributed by atoms with E-state index in [2.05, 4.69) is 12.2 Å². The number of hydrogen-bond acceptors (Lipinski definition) is 2. The van der Waals surface area contributed by atoms with Crippen molar-refractivity contribution >= 4 is 0 Å². The standard InChI is InChI=1S/C13H26N2/c1-2-13(8-5-9-13)15-11-10-12(14)6-3-4-7-12/h15H,2-11,14H2,1H3. The van der Waals surface area contributed by atoms with E-state index in [0.29, 0.717) is 5.54 Å². The van der Waals surface area contributed by atoms with Crippen LogP contribution in [0.2, 0.25) is 0 Å². The van der Waals surface area contributed by atoms with Crippen LogP contribution in [0.25, 0.3) is 0 Å². The Morgan fingerprint density at radius 1 is 1.07 bits per heavy atom. The maximum absolute atomic E-state index is 6.35. The van der Waals surface area contributed by atoms with E-state index in [1.54, 1.807) is 0 Å². The van der Waals surface area contributed by atoms with Crippen LogP contribution in [0.15, 0.2) is 0 Å². The van der Waals surface area contributed by atoms with Gasteiger partial charge in [-0.1, -0.05) is 19.8 Å². The zero-order valence-corrected chi connectivity index (χ0v) is 10.1. The van der Waals surface area contributed by atoms with E-state index in [4.69, 9.17) is 5.73 Å². The van der Waals surface area contributed by atoms with E-state index >= 15 is 0 Å². The fourth-order valence-electron chi connectivity index (χ4n) is 3.16. The molecule has 2 aliphatic carbocycles. The van der Waals surface area contributed by atoms with Crippen LogP contribution >= 0.6 is 0 Å². The predicted octanol–water partition coefficient (Wildman–Crippen LogP) is 2.57. The Labute approximate surface area is 94.0 Å². The summed E-state index contributed by atoms with van der Waals surface area (Å²) in [5, 5.41) is 3.75. The van der Waals surface area contributed by atoms with Gasteiger partial charge in [-0.2, -0.15) is 0 Å². The molecule has 0 heterocycles. The summed E-state index contributed by atoms with van der Waals surface area (Å²) >= 11 is 0. The first kappa shape index (κ1) is 11.4. The van der Waals surface area contributed by atoms with Crippen LogP contribution < -0.4 is 11.1 Å². The van der Waals surface area contributed by atoms with Crippen molar-refractivity contribution in [3.63, 3.8) is 0 Å². The zero-order valence-electron chi connectivity index (χ0n) is 10.1. The minimum Gasteiger partial charge on any atom is -0.325 e. The molecule has 2 heteroatoms. The Morgan fingerprint density at radius 2 is 1.73 bits per heavy atom. The molecule has 0 bridgehead atoms. The molecule has 0 aromatic heterocycles. The Balaban J connectivity index is 1.69. The van der Waals surface area contributed by atoms with Gasteiger partial charge in [0.05, 0.1) is 0 Å². The van der Waals surface area contributed by atoms with Gasteiger partial charge in [-0.3, -0.25) is 0 Å². The molecule has 2 fully saturated rings. The first-order valence-corrected chi connectivity index (χ1v) is 6.72. The highest BCUT2D eigenvalue weighted by Crippen LogP contribution is 2.35. The number of hydrogen-bond donors (Lipinski definition) is 2. The second kappa shape index (κ2) is 4.42. The third-order valence-electron chi connectivity index (χ3n) is 4.71. The van der Waals surface area contributed by atoms with Crippen LogP contribution in [0.5, 0.6) is 0 Å². The van der Waals surface area contributed by atoms with Gasteiger partial charge in [0.15, 0.2) is 0 Å². The van der Waals surface area contributed by atoms with Gasteiger partial charge < -0.3 is 11.1 Å². The van der Waals surface area contributed by atoms with Gasteiger partial charge in [0, 0.05) is 11.1 Å². The molecule has 2 aliphatic rings. The molecule has 0 atom stereocenters. The lowest BCUT2D eigenvalue weighted by atomic mass is 9.74. The molecule has 2 saturated carbocycles. The molecular weight excluding hydrogens is 184 g/mol. The minimum atomic E-state index is 0.172. The zero-order chi connectivity index (χ0) is 10.8. The van der Waals surface area contributed by atoms with Crippen LogP contribution in [0.4, 0.5) is 0 Å². The maximum Gasteiger partial charge on any atom is 0.0178 e. The highest BCUT2D eigenvalue weighted by Gasteiger charge is 2.35. The quantitative estimate of drug-likeness (QED) is 0.732. The van der Waals surface area contributed by atoms with Crippen molar-refractivity contribution in [3.8, 4) is 0 Å². The van der Waals surface area contributed by atoms with Crippen molar-refractivity contribution in [1.82, 2.24) is 5.32 Å². The summed E-state index contributed by atoms with van der Waals surface area (Å²) in [4.78, 5) is 0. The van der Waals surface area contributed by atoms with Gasteiger partial charge in [0.1, 0.15) is 0 Å². The molecule has 3 N–H and O–H groups in total. The SMILES string of the molecule is CCC1(NCCC2(N)CCCC2)CCC1. The second-order valence-corrected chi connectivity index (χ2v) is 5.73. The number of nitrogens with two attached hydrogens (primary N) is 1. The smallest absolute Gasteiger partial charge is 0.0178 e. The van der Waals surface area contributed by atoms with Crippen molar-refractivity contribution in [3.05, 3.63) is 0 Å². The Kier molecular flexibility index (Phi) is 3.36.